The van der Waals surface area contributed by atoms with E-state index in [1.165, 1.54) is 0 Å². The van der Waals surface area contributed by atoms with Crippen molar-refractivity contribution in [2.45, 2.75) is 36.9 Å². The van der Waals surface area contributed by atoms with E-state index in [4.69, 9.17) is 5.11 Å². The van der Waals surface area contributed by atoms with Crippen molar-refractivity contribution in [2.24, 2.45) is 0 Å². The lowest BCUT2D eigenvalue weighted by Gasteiger charge is -2.20. The number of aliphatic carboxylic acids is 1. The van der Waals surface area contributed by atoms with Crippen molar-refractivity contribution < 1.29 is 32.7 Å². The van der Waals surface area contributed by atoms with Crippen LogP contribution in [0.5, 0.6) is 0 Å². The molecule has 2 heterocycles. The molecule has 0 spiro atoms. The third-order valence-corrected chi connectivity index (χ3v) is 2.98. The van der Waals surface area contributed by atoms with Gasteiger partial charge in [-0.2, -0.15) is 0 Å². The van der Waals surface area contributed by atoms with Crippen LogP contribution in [-0.2, 0) is 4.79 Å². The fraction of sp³-hybridized carbons (Fsp3) is 0.857. The maximum absolute atomic E-state index is 10.8. The number of quaternary nitrogens is 1. The first-order valence-corrected chi connectivity index (χ1v) is 3.92. The molecule has 2 aliphatic rings. The van der Waals surface area contributed by atoms with Gasteiger partial charge in [0, 0.05) is 19.3 Å². The van der Waals surface area contributed by atoms with Crippen molar-refractivity contribution in [1.82, 2.24) is 0 Å². The minimum atomic E-state index is -0.884. The molecule has 0 radical (unpaired) electrons. The predicted octanol–water partition coefficient (Wildman–Crippen LogP) is -4.70. The number of fused-ring (bicyclic) bond motifs is 2. The van der Waals surface area contributed by atoms with Crippen molar-refractivity contribution in [1.29, 1.82) is 0 Å². The van der Waals surface area contributed by atoms with Crippen LogP contribution in [0.4, 0.5) is 0 Å². The molecule has 3 atom stereocenters. The molecule has 2 bridgehead atoms. The van der Waals surface area contributed by atoms with E-state index in [2.05, 4.69) is 0 Å². The summed E-state index contributed by atoms with van der Waals surface area (Å²) in [5.74, 6) is -0.856. The summed E-state index contributed by atoms with van der Waals surface area (Å²) in [4.78, 5) is 10.8. The summed E-state index contributed by atoms with van der Waals surface area (Å²) in [6.07, 6.45) is 1.56. The smallest absolute Gasteiger partial charge is 0.368 e. The first-order chi connectivity index (χ1) is 5.15. The lowest BCUT2D eigenvalue weighted by molar-refractivity contribution is -0.707. The molecular formula is C7H12ClNO3. The Bertz CT molecular complexity index is 211. The number of hydrogen-bond donors (Lipinski definition) is 3. The van der Waals surface area contributed by atoms with Crippen LogP contribution in [0.3, 0.4) is 0 Å². The number of carbonyl (C=O) groups is 1. The number of halogens is 1. The van der Waals surface area contributed by atoms with Crippen LogP contribution in [0.15, 0.2) is 0 Å². The summed E-state index contributed by atoms with van der Waals surface area (Å²) in [5, 5.41) is 20.1. The lowest BCUT2D eigenvalue weighted by Crippen LogP contribution is -3.00. The van der Waals surface area contributed by atoms with E-state index in [9.17, 15) is 9.90 Å². The third kappa shape index (κ3) is 1.02. The summed E-state index contributed by atoms with van der Waals surface area (Å²) in [6.45, 7) is 0. The van der Waals surface area contributed by atoms with Crippen molar-refractivity contribution >= 4 is 5.97 Å². The average molecular weight is 194 g/mol. The van der Waals surface area contributed by atoms with Crippen molar-refractivity contribution in [3.05, 3.63) is 0 Å². The number of rotatable bonds is 1. The highest BCUT2D eigenvalue weighted by molar-refractivity contribution is 5.78. The highest BCUT2D eigenvalue weighted by Crippen LogP contribution is 2.31. The number of nitrogens with two attached hydrogens (primary N) is 1. The minimum Gasteiger partial charge on any atom is -1.00 e. The predicted molar refractivity (Wildman–Crippen MR) is 35.9 cm³/mol. The van der Waals surface area contributed by atoms with Crippen molar-refractivity contribution in [2.75, 3.05) is 0 Å². The number of carboxylic acids is 1. The van der Waals surface area contributed by atoms with Gasteiger partial charge in [0.05, 0.1) is 6.04 Å². The van der Waals surface area contributed by atoms with Gasteiger partial charge < -0.3 is 27.9 Å². The van der Waals surface area contributed by atoms with E-state index in [0.29, 0.717) is 18.9 Å². The molecule has 2 rings (SSSR count). The van der Waals surface area contributed by atoms with Gasteiger partial charge in [-0.05, 0) is 0 Å². The summed E-state index contributed by atoms with van der Waals surface area (Å²) in [7, 11) is 0. The van der Waals surface area contributed by atoms with Crippen LogP contribution in [0.1, 0.15) is 19.3 Å². The molecule has 4 N–H and O–H groups in total. The molecule has 0 aliphatic carbocycles. The topological polar surface area (TPSA) is 74.1 Å². The SMILES string of the molecule is O=C(O)[C@@]12CC[C@@H](C[C@@H]1O)[NH2+]2.[Cl-]. The van der Waals surface area contributed by atoms with Gasteiger partial charge in [0.2, 0.25) is 5.54 Å². The highest BCUT2D eigenvalue weighted by Gasteiger charge is 2.61. The Hall–Kier alpha value is -0.320. The van der Waals surface area contributed by atoms with E-state index in [-0.39, 0.29) is 12.4 Å². The molecular weight excluding hydrogens is 182 g/mol. The molecule has 70 valence electrons. The normalized spacial score (nSPS) is 44.1. The largest absolute Gasteiger partial charge is 1.00 e. The summed E-state index contributed by atoms with van der Waals surface area (Å²) < 4.78 is 0. The van der Waals surface area contributed by atoms with Gasteiger partial charge in [0.25, 0.3) is 0 Å². The van der Waals surface area contributed by atoms with Gasteiger partial charge in [-0.3, -0.25) is 0 Å². The Morgan fingerprint density at radius 1 is 1.58 bits per heavy atom. The molecule has 0 aromatic heterocycles. The second-order valence-corrected chi connectivity index (χ2v) is 3.56. The highest BCUT2D eigenvalue weighted by atomic mass is 35.5. The van der Waals surface area contributed by atoms with Crippen LogP contribution < -0.4 is 17.7 Å². The molecule has 0 unspecified atom stereocenters. The number of aliphatic hydroxyl groups excluding tert-OH is 1. The maximum Gasteiger partial charge on any atom is 0.368 e. The van der Waals surface area contributed by atoms with E-state index in [0.717, 1.165) is 6.42 Å². The Morgan fingerprint density at radius 2 is 2.25 bits per heavy atom. The van der Waals surface area contributed by atoms with Gasteiger partial charge in [-0.1, -0.05) is 0 Å². The molecule has 5 heteroatoms. The number of carboxylic acid groups (broad SMARTS) is 1. The van der Waals surface area contributed by atoms with Crippen LogP contribution in [0.25, 0.3) is 0 Å². The minimum absolute atomic E-state index is 0. The zero-order chi connectivity index (χ0) is 8.06. The van der Waals surface area contributed by atoms with Gasteiger partial charge in [-0.15, -0.1) is 0 Å². The molecule has 2 saturated heterocycles. The van der Waals surface area contributed by atoms with E-state index in [1.54, 1.807) is 0 Å². The number of aliphatic hydroxyl groups is 1. The lowest BCUT2D eigenvalue weighted by atomic mass is 9.85. The molecule has 0 amide bonds. The van der Waals surface area contributed by atoms with Crippen LogP contribution in [0.2, 0.25) is 0 Å². The average Bonchev–Trinajstić information content (AvgIpc) is 2.43. The van der Waals surface area contributed by atoms with E-state index >= 15 is 0 Å². The third-order valence-electron chi connectivity index (χ3n) is 2.98. The molecule has 2 fully saturated rings. The quantitative estimate of drug-likeness (QED) is 0.392. The second-order valence-electron chi connectivity index (χ2n) is 3.56. The maximum atomic E-state index is 10.8. The first kappa shape index (κ1) is 9.77. The van der Waals surface area contributed by atoms with E-state index < -0.39 is 17.6 Å². The Morgan fingerprint density at radius 3 is 2.50 bits per heavy atom. The Kier molecular flexibility index (Phi) is 2.33. The van der Waals surface area contributed by atoms with Crippen LogP contribution in [0, 0.1) is 0 Å². The zero-order valence-corrected chi connectivity index (χ0v) is 7.29. The molecule has 0 aromatic rings. The van der Waals surface area contributed by atoms with Crippen molar-refractivity contribution in [3.8, 4) is 0 Å². The fourth-order valence-corrected chi connectivity index (χ4v) is 2.29. The van der Waals surface area contributed by atoms with Gasteiger partial charge in [0.15, 0.2) is 0 Å². The first-order valence-electron chi connectivity index (χ1n) is 3.92. The summed E-state index contributed by atoms with van der Waals surface area (Å²) in [6, 6.07) is 0.348. The molecule has 12 heavy (non-hydrogen) atoms. The molecule has 0 saturated carbocycles. The van der Waals surface area contributed by atoms with Crippen molar-refractivity contribution in [3.63, 3.8) is 0 Å². The van der Waals surface area contributed by atoms with Gasteiger partial charge >= 0.3 is 5.97 Å². The Balaban J connectivity index is 0.000000720. The number of hydrogen-bond acceptors (Lipinski definition) is 2. The molecule has 2 aliphatic heterocycles. The van der Waals surface area contributed by atoms with Gasteiger partial charge in [0.1, 0.15) is 6.10 Å². The van der Waals surface area contributed by atoms with Gasteiger partial charge in [-0.25, -0.2) is 4.79 Å². The van der Waals surface area contributed by atoms with E-state index in [1.807, 2.05) is 5.32 Å². The standard InChI is InChI=1S/C7H11NO3.ClH/c9-5-3-4-1-2-7(5,8-4)6(10)11;/h4-5,8-9H,1-3H2,(H,10,11);1H/t4-,5-,7+;/m0./s1. The summed E-state index contributed by atoms with van der Waals surface area (Å²) in [5.41, 5.74) is -0.884. The second kappa shape index (κ2) is 2.87. The summed E-state index contributed by atoms with van der Waals surface area (Å²) >= 11 is 0. The molecule has 0 aromatic carbocycles. The monoisotopic (exact) mass is 193 g/mol. The van der Waals surface area contributed by atoms with Crippen LogP contribution >= 0.6 is 0 Å². The fourth-order valence-electron chi connectivity index (χ4n) is 2.29. The Labute approximate surface area is 76.4 Å². The molecule has 4 nitrogen and oxygen atoms in total. The van der Waals surface area contributed by atoms with Crippen LogP contribution in [-0.4, -0.2) is 33.9 Å². The zero-order valence-electron chi connectivity index (χ0n) is 6.53.